The highest BCUT2D eigenvalue weighted by molar-refractivity contribution is 7.10. The fraction of sp³-hybridized carbons (Fsp3) is 0.0769. The number of ketones is 1. The molecular weight excluding hydrogens is 442 g/mol. The highest BCUT2D eigenvalue weighted by atomic mass is 35.5. The second kappa shape index (κ2) is 7.93. The summed E-state index contributed by atoms with van der Waals surface area (Å²) in [5.41, 5.74) is 1.98. The second-order valence-electron chi connectivity index (χ2n) is 7.64. The average molecular weight is 460 g/mol. The van der Waals surface area contributed by atoms with E-state index in [0.29, 0.717) is 16.3 Å². The number of rotatable bonds is 3. The van der Waals surface area contributed by atoms with Crippen molar-refractivity contribution in [3.63, 3.8) is 0 Å². The summed E-state index contributed by atoms with van der Waals surface area (Å²) in [6.45, 7) is 1.87. The van der Waals surface area contributed by atoms with Crippen LogP contribution in [0.5, 0.6) is 0 Å². The number of fused-ring (bicyclic) bond motifs is 1. The Morgan fingerprint density at radius 1 is 1.00 bits per heavy atom. The third kappa shape index (κ3) is 3.22. The van der Waals surface area contributed by atoms with Crippen LogP contribution in [-0.2, 0) is 9.59 Å². The molecule has 6 heteroatoms. The van der Waals surface area contributed by atoms with Crippen molar-refractivity contribution in [3.05, 3.63) is 105 Å². The lowest BCUT2D eigenvalue weighted by atomic mass is 9.96. The first-order chi connectivity index (χ1) is 15.5. The Hall–Kier alpha value is -3.41. The summed E-state index contributed by atoms with van der Waals surface area (Å²) in [7, 11) is 0. The van der Waals surface area contributed by atoms with Crippen molar-refractivity contribution in [2.45, 2.75) is 13.0 Å². The minimum absolute atomic E-state index is 0.0745. The van der Waals surface area contributed by atoms with Gasteiger partial charge >= 0.3 is 0 Å². The van der Waals surface area contributed by atoms with Gasteiger partial charge in [-0.15, -0.1) is 11.3 Å². The summed E-state index contributed by atoms with van der Waals surface area (Å²) in [6.07, 6.45) is 0. The lowest BCUT2D eigenvalue weighted by molar-refractivity contribution is -0.132. The number of aryl methyl sites for hydroxylation is 1. The maximum absolute atomic E-state index is 13.3. The Morgan fingerprint density at radius 3 is 2.53 bits per heavy atom. The lowest BCUT2D eigenvalue weighted by Gasteiger charge is -2.24. The summed E-state index contributed by atoms with van der Waals surface area (Å²) in [5.74, 6) is -1.59. The van der Waals surface area contributed by atoms with E-state index in [0.717, 1.165) is 21.2 Å². The van der Waals surface area contributed by atoms with E-state index in [1.165, 1.54) is 16.2 Å². The topological polar surface area (TPSA) is 57.6 Å². The normalized spacial score (nSPS) is 17.9. The highest BCUT2D eigenvalue weighted by Gasteiger charge is 2.47. The molecule has 0 radical (unpaired) electrons. The van der Waals surface area contributed by atoms with Gasteiger partial charge in [-0.1, -0.05) is 66.2 Å². The lowest BCUT2D eigenvalue weighted by Crippen LogP contribution is -2.29. The Labute approximate surface area is 194 Å². The number of amides is 1. The van der Waals surface area contributed by atoms with Gasteiger partial charge < -0.3 is 5.11 Å². The predicted octanol–water partition coefficient (Wildman–Crippen LogP) is 6.49. The molecule has 4 aromatic rings. The predicted molar refractivity (Wildman–Crippen MR) is 129 cm³/mol. The molecule has 1 N–H and O–H groups in total. The van der Waals surface area contributed by atoms with E-state index >= 15 is 0 Å². The quantitative estimate of drug-likeness (QED) is 0.216. The Balaban J connectivity index is 1.76. The molecule has 1 fully saturated rings. The smallest absolute Gasteiger partial charge is 0.300 e. The third-order valence-corrected chi connectivity index (χ3v) is 7.07. The molecule has 0 spiro atoms. The average Bonchev–Trinajstić information content (AvgIpc) is 3.42. The van der Waals surface area contributed by atoms with Crippen molar-refractivity contribution in [1.82, 2.24) is 0 Å². The summed E-state index contributed by atoms with van der Waals surface area (Å²) in [4.78, 5) is 28.7. The van der Waals surface area contributed by atoms with Crippen LogP contribution in [0.1, 0.15) is 22.0 Å². The number of hydrogen-bond acceptors (Lipinski definition) is 4. The molecule has 1 aromatic heterocycles. The number of halogens is 1. The molecule has 0 saturated carbocycles. The van der Waals surface area contributed by atoms with Gasteiger partial charge in [0.25, 0.3) is 11.7 Å². The van der Waals surface area contributed by atoms with Gasteiger partial charge in [-0.25, -0.2) is 0 Å². The van der Waals surface area contributed by atoms with Crippen LogP contribution in [0.2, 0.25) is 5.02 Å². The van der Waals surface area contributed by atoms with E-state index in [2.05, 4.69) is 0 Å². The summed E-state index contributed by atoms with van der Waals surface area (Å²) < 4.78 is 0. The van der Waals surface area contributed by atoms with Crippen LogP contribution >= 0.6 is 22.9 Å². The number of aliphatic hydroxyl groups is 1. The van der Waals surface area contributed by atoms with Gasteiger partial charge in [-0.3, -0.25) is 14.5 Å². The SMILES string of the molecule is Cc1ccc(N2C(=O)C(=O)/C(=C(\O)c3cccc4ccccc34)C2c2cccs2)cc1Cl. The number of benzene rings is 3. The van der Waals surface area contributed by atoms with E-state index < -0.39 is 17.7 Å². The molecule has 4 nitrogen and oxygen atoms in total. The van der Waals surface area contributed by atoms with Crippen molar-refractivity contribution in [2.24, 2.45) is 0 Å². The van der Waals surface area contributed by atoms with Crippen molar-refractivity contribution in [1.29, 1.82) is 0 Å². The molecule has 0 aliphatic carbocycles. The van der Waals surface area contributed by atoms with Gasteiger partial charge in [0, 0.05) is 21.2 Å². The van der Waals surface area contributed by atoms with Crippen molar-refractivity contribution >= 4 is 56.8 Å². The summed E-state index contributed by atoms with van der Waals surface area (Å²) >= 11 is 7.75. The molecule has 32 heavy (non-hydrogen) atoms. The maximum atomic E-state index is 13.3. The van der Waals surface area contributed by atoms with Gasteiger partial charge in [0.15, 0.2) is 0 Å². The van der Waals surface area contributed by atoms with E-state index in [1.807, 2.05) is 66.9 Å². The number of anilines is 1. The molecule has 2 heterocycles. The molecule has 158 valence electrons. The van der Waals surface area contributed by atoms with Crippen molar-refractivity contribution < 1.29 is 14.7 Å². The maximum Gasteiger partial charge on any atom is 0.300 e. The van der Waals surface area contributed by atoms with Crippen molar-refractivity contribution in [3.8, 4) is 0 Å². The zero-order valence-corrected chi connectivity index (χ0v) is 18.7. The first kappa shape index (κ1) is 20.5. The number of aliphatic hydroxyl groups excluding tert-OH is 1. The minimum atomic E-state index is -0.743. The Bertz CT molecular complexity index is 1400. The molecule has 1 aliphatic heterocycles. The fourth-order valence-corrected chi connectivity index (χ4v) is 5.12. The van der Waals surface area contributed by atoms with Gasteiger partial charge in [0.1, 0.15) is 11.8 Å². The van der Waals surface area contributed by atoms with Crippen LogP contribution < -0.4 is 4.90 Å². The van der Waals surface area contributed by atoms with E-state index in [9.17, 15) is 14.7 Å². The molecule has 1 aliphatic rings. The number of carbonyl (C=O) groups is 2. The van der Waals surface area contributed by atoms with Crippen LogP contribution in [0.15, 0.2) is 83.7 Å². The monoisotopic (exact) mass is 459 g/mol. The van der Waals surface area contributed by atoms with Gasteiger partial charge in [0.05, 0.1) is 5.57 Å². The fourth-order valence-electron chi connectivity index (χ4n) is 4.12. The van der Waals surface area contributed by atoms with Crippen LogP contribution in [0.3, 0.4) is 0 Å². The molecule has 5 rings (SSSR count). The van der Waals surface area contributed by atoms with E-state index in [-0.39, 0.29) is 11.3 Å². The molecule has 1 saturated heterocycles. The molecule has 1 atom stereocenters. The highest BCUT2D eigenvalue weighted by Crippen LogP contribution is 2.44. The molecule has 1 unspecified atom stereocenters. The number of Topliss-reactive ketones (excluding diaryl/α,β-unsaturated/α-hetero) is 1. The standard InChI is InChI=1S/C26H18ClNO3S/c1-15-11-12-17(14-20(15)27)28-23(21-10-5-13-32-21)22(25(30)26(28)31)24(29)19-9-4-7-16-6-2-3-8-18(16)19/h2-14,23,29H,1H3/b24-22-. The number of hydrogen-bond donors (Lipinski definition) is 1. The summed E-state index contributed by atoms with van der Waals surface area (Å²) in [6, 6.07) is 21.4. The van der Waals surface area contributed by atoms with E-state index in [1.54, 1.807) is 18.2 Å². The number of nitrogens with zero attached hydrogens (tertiary/aromatic N) is 1. The Kier molecular flexibility index (Phi) is 5.08. The van der Waals surface area contributed by atoms with Gasteiger partial charge in [-0.05, 0) is 46.8 Å². The molecular formula is C26H18ClNO3S. The van der Waals surface area contributed by atoms with Crippen LogP contribution in [0.25, 0.3) is 16.5 Å². The third-order valence-electron chi connectivity index (χ3n) is 5.74. The number of carbonyl (C=O) groups excluding carboxylic acids is 2. The van der Waals surface area contributed by atoms with E-state index in [4.69, 9.17) is 11.6 Å². The Morgan fingerprint density at radius 2 is 1.78 bits per heavy atom. The van der Waals surface area contributed by atoms with Crippen molar-refractivity contribution in [2.75, 3.05) is 4.90 Å². The van der Waals surface area contributed by atoms with Crippen LogP contribution in [0, 0.1) is 6.92 Å². The molecule has 3 aromatic carbocycles. The second-order valence-corrected chi connectivity index (χ2v) is 9.03. The zero-order chi connectivity index (χ0) is 22.4. The molecule has 0 bridgehead atoms. The first-order valence-corrected chi connectivity index (χ1v) is 11.3. The van der Waals surface area contributed by atoms with Crippen LogP contribution in [0.4, 0.5) is 5.69 Å². The zero-order valence-electron chi connectivity index (χ0n) is 17.1. The van der Waals surface area contributed by atoms with Gasteiger partial charge in [0.2, 0.25) is 0 Å². The molecule has 1 amide bonds. The largest absolute Gasteiger partial charge is 0.507 e. The summed E-state index contributed by atoms with van der Waals surface area (Å²) in [5, 5.41) is 15.5. The number of thiophene rings is 1. The van der Waals surface area contributed by atoms with Gasteiger partial charge in [-0.2, -0.15) is 0 Å². The van der Waals surface area contributed by atoms with Crippen LogP contribution in [-0.4, -0.2) is 16.8 Å². The minimum Gasteiger partial charge on any atom is -0.507 e. The first-order valence-electron chi connectivity index (χ1n) is 10.1.